The fraction of sp³-hybridized carbons (Fsp3) is 0.318. The highest BCUT2D eigenvalue weighted by Crippen LogP contribution is 2.29. The third-order valence-electron chi connectivity index (χ3n) is 4.93. The fourth-order valence-electron chi connectivity index (χ4n) is 3.55. The summed E-state index contributed by atoms with van der Waals surface area (Å²) in [5, 5.41) is 1.19. The normalized spacial score (nSPS) is 17.8. The fourth-order valence-corrected chi connectivity index (χ4v) is 3.55. The maximum Gasteiger partial charge on any atom is 0.218 e. The molecule has 25 heavy (non-hydrogen) atoms. The first-order chi connectivity index (χ1) is 12.2. The summed E-state index contributed by atoms with van der Waals surface area (Å²) in [4.78, 5) is 7.34. The Hall–Kier alpha value is -2.39. The van der Waals surface area contributed by atoms with Crippen LogP contribution < -0.4 is 4.74 Å². The Morgan fingerprint density at radius 3 is 2.76 bits per heavy atom. The number of ether oxygens (including phenoxy) is 1. The molecule has 128 valence electrons. The van der Waals surface area contributed by atoms with Crippen molar-refractivity contribution in [2.24, 2.45) is 0 Å². The molecule has 0 spiro atoms. The van der Waals surface area contributed by atoms with Crippen LogP contribution in [0, 0.1) is 6.92 Å². The molecule has 1 aromatic heterocycles. The summed E-state index contributed by atoms with van der Waals surface area (Å²) < 4.78 is 6.28. The van der Waals surface area contributed by atoms with Gasteiger partial charge in [0, 0.05) is 30.6 Å². The SMILES string of the molecule is CCC1CN(Cc2ccccc2)Cc2cc3cccc(C)c3nc2O1. The largest absolute Gasteiger partial charge is 0.473 e. The number of nitrogens with zero attached hydrogens (tertiary/aromatic N) is 2. The van der Waals surface area contributed by atoms with Crippen molar-refractivity contribution in [3.63, 3.8) is 0 Å². The maximum atomic E-state index is 6.28. The number of para-hydroxylation sites is 1. The molecule has 2 aromatic carbocycles. The lowest BCUT2D eigenvalue weighted by Crippen LogP contribution is -2.32. The molecule has 1 atom stereocenters. The van der Waals surface area contributed by atoms with Crippen molar-refractivity contribution in [1.82, 2.24) is 9.88 Å². The molecule has 0 N–H and O–H groups in total. The van der Waals surface area contributed by atoms with Crippen LogP contribution in [0.4, 0.5) is 0 Å². The van der Waals surface area contributed by atoms with Crippen LogP contribution in [0.1, 0.15) is 30.0 Å². The van der Waals surface area contributed by atoms with Gasteiger partial charge in [0.25, 0.3) is 0 Å². The minimum Gasteiger partial charge on any atom is -0.473 e. The molecule has 0 saturated carbocycles. The summed E-state index contributed by atoms with van der Waals surface area (Å²) in [7, 11) is 0. The van der Waals surface area contributed by atoms with Gasteiger partial charge in [0.05, 0.1) is 5.52 Å². The minimum absolute atomic E-state index is 0.180. The second-order valence-corrected chi connectivity index (χ2v) is 6.90. The highest BCUT2D eigenvalue weighted by Gasteiger charge is 2.23. The van der Waals surface area contributed by atoms with Gasteiger partial charge in [-0.25, -0.2) is 4.98 Å². The molecule has 0 amide bonds. The third kappa shape index (κ3) is 3.38. The van der Waals surface area contributed by atoms with Crippen molar-refractivity contribution in [3.05, 3.63) is 71.3 Å². The standard InChI is InChI=1S/C22H24N2O/c1-3-20-15-24(13-17-9-5-4-6-10-17)14-19-12-18-11-7-8-16(2)21(18)23-22(19)25-20/h4-12,20H,3,13-15H2,1-2H3. The quantitative estimate of drug-likeness (QED) is 0.694. The van der Waals surface area contributed by atoms with Crippen molar-refractivity contribution in [2.45, 2.75) is 39.5 Å². The van der Waals surface area contributed by atoms with Gasteiger partial charge in [0.1, 0.15) is 6.10 Å². The van der Waals surface area contributed by atoms with Crippen LogP contribution in [0.25, 0.3) is 10.9 Å². The third-order valence-corrected chi connectivity index (χ3v) is 4.93. The average Bonchev–Trinajstić information content (AvgIpc) is 2.79. The molecule has 1 aliphatic rings. The first-order valence-corrected chi connectivity index (χ1v) is 9.05. The Morgan fingerprint density at radius 1 is 1.12 bits per heavy atom. The van der Waals surface area contributed by atoms with Gasteiger partial charge in [0.15, 0.2) is 0 Å². The summed E-state index contributed by atoms with van der Waals surface area (Å²) in [6, 6.07) is 19.2. The molecule has 1 unspecified atom stereocenters. The van der Waals surface area contributed by atoms with Gasteiger partial charge in [-0.1, -0.05) is 55.5 Å². The zero-order chi connectivity index (χ0) is 17.2. The molecular weight excluding hydrogens is 308 g/mol. The summed E-state index contributed by atoms with van der Waals surface area (Å²) in [5.74, 6) is 0.809. The molecule has 0 saturated heterocycles. The lowest BCUT2D eigenvalue weighted by atomic mass is 10.1. The summed E-state index contributed by atoms with van der Waals surface area (Å²) in [5.41, 5.74) is 4.77. The van der Waals surface area contributed by atoms with Gasteiger partial charge >= 0.3 is 0 Å². The Labute approximate surface area is 149 Å². The van der Waals surface area contributed by atoms with Crippen LogP contribution >= 0.6 is 0 Å². The van der Waals surface area contributed by atoms with Gasteiger partial charge in [0.2, 0.25) is 5.88 Å². The number of benzene rings is 2. The molecular formula is C22H24N2O. The number of hydrogen-bond acceptors (Lipinski definition) is 3. The topological polar surface area (TPSA) is 25.4 Å². The Balaban J connectivity index is 1.71. The van der Waals surface area contributed by atoms with Crippen LogP contribution in [0.2, 0.25) is 0 Å². The highest BCUT2D eigenvalue weighted by molar-refractivity contribution is 5.83. The van der Waals surface area contributed by atoms with Crippen LogP contribution in [0.15, 0.2) is 54.6 Å². The molecule has 1 aliphatic heterocycles. The Kier molecular flexibility index (Phi) is 4.41. The summed E-state index contributed by atoms with van der Waals surface area (Å²) in [6.45, 7) is 7.03. The van der Waals surface area contributed by atoms with Gasteiger partial charge in [-0.3, -0.25) is 4.90 Å². The monoisotopic (exact) mass is 332 g/mol. The lowest BCUT2D eigenvalue weighted by Gasteiger charge is -2.23. The van der Waals surface area contributed by atoms with Gasteiger partial charge in [-0.2, -0.15) is 0 Å². The van der Waals surface area contributed by atoms with E-state index in [1.165, 1.54) is 22.1 Å². The van der Waals surface area contributed by atoms with Crippen LogP contribution in [-0.4, -0.2) is 22.5 Å². The first-order valence-electron chi connectivity index (χ1n) is 9.05. The Morgan fingerprint density at radius 2 is 1.96 bits per heavy atom. The van der Waals surface area contributed by atoms with E-state index in [0.29, 0.717) is 0 Å². The highest BCUT2D eigenvalue weighted by atomic mass is 16.5. The van der Waals surface area contributed by atoms with Crippen molar-refractivity contribution in [3.8, 4) is 5.88 Å². The average molecular weight is 332 g/mol. The minimum atomic E-state index is 0.180. The van der Waals surface area contributed by atoms with E-state index >= 15 is 0 Å². The number of fused-ring (bicyclic) bond motifs is 2. The van der Waals surface area contributed by atoms with E-state index in [9.17, 15) is 0 Å². The number of rotatable bonds is 3. The van der Waals surface area contributed by atoms with Crippen LogP contribution in [0.5, 0.6) is 5.88 Å². The molecule has 0 fully saturated rings. The summed E-state index contributed by atoms with van der Waals surface area (Å²) >= 11 is 0. The van der Waals surface area contributed by atoms with E-state index in [2.05, 4.69) is 73.3 Å². The van der Waals surface area contributed by atoms with Gasteiger partial charge < -0.3 is 4.74 Å². The summed E-state index contributed by atoms with van der Waals surface area (Å²) in [6.07, 6.45) is 1.16. The van der Waals surface area contributed by atoms with E-state index < -0.39 is 0 Å². The molecule has 3 nitrogen and oxygen atoms in total. The van der Waals surface area contributed by atoms with Gasteiger partial charge in [-0.05, 0) is 30.5 Å². The second-order valence-electron chi connectivity index (χ2n) is 6.90. The lowest BCUT2D eigenvalue weighted by molar-refractivity contribution is 0.136. The molecule has 4 rings (SSSR count). The van der Waals surface area contributed by atoms with Crippen LogP contribution in [-0.2, 0) is 13.1 Å². The number of aryl methyl sites for hydroxylation is 1. The molecule has 2 heterocycles. The van der Waals surface area contributed by atoms with Crippen LogP contribution in [0.3, 0.4) is 0 Å². The molecule has 3 aromatic rings. The molecule has 0 aliphatic carbocycles. The van der Waals surface area contributed by atoms with E-state index in [4.69, 9.17) is 9.72 Å². The maximum absolute atomic E-state index is 6.28. The molecule has 3 heteroatoms. The van der Waals surface area contributed by atoms with E-state index in [0.717, 1.165) is 37.5 Å². The van der Waals surface area contributed by atoms with Crippen molar-refractivity contribution < 1.29 is 4.74 Å². The van der Waals surface area contributed by atoms with E-state index in [-0.39, 0.29) is 6.10 Å². The number of pyridine rings is 1. The van der Waals surface area contributed by atoms with Gasteiger partial charge in [-0.15, -0.1) is 0 Å². The molecule has 0 bridgehead atoms. The van der Waals surface area contributed by atoms with Crippen molar-refractivity contribution >= 4 is 10.9 Å². The predicted molar refractivity (Wildman–Crippen MR) is 102 cm³/mol. The predicted octanol–water partition coefficient (Wildman–Crippen LogP) is 4.72. The first kappa shape index (κ1) is 16.1. The molecule has 0 radical (unpaired) electrons. The van der Waals surface area contributed by atoms with E-state index in [1.54, 1.807) is 0 Å². The smallest absolute Gasteiger partial charge is 0.218 e. The second kappa shape index (κ2) is 6.85. The van der Waals surface area contributed by atoms with E-state index in [1.807, 2.05) is 0 Å². The zero-order valence-electron chi connectivity index (χ0n) is 14.9. The number of aromatic nitrogens is 1. The number of hydrogen-bond donors (Lipinski definition) is 0. The Bertz CT molecular complexity index is 876. The zero-order valence-corrected chi connectivity index (χ0v) is 14.9. The van der Waals surface area contributed by atoms with Crippen molar-refractivity contribution in [1.29, 1.82) is 0 Å². The van der Waals surface area contributed by atoms with Crippen molar-refractivity contribution in [2.75, 3.05) is 6.54 Å².